The van der Waals surface area contributed by atoms with Gasteiger partial charge in [-0.3, -0.25) is 14.4 Å². The summed E-state index contributed by atoms with van der Waals surface area (Å²) in [5.74, 6) is 1.23. The monoisotopic (exact) mass is 682 g/mol. The van der Waals surface area contributed by atoms with Crippen LogP contribution in [-0.2, 0) is 21.4 Å². The maximum atomic E-state index is 13.5. The van der Waals surface area contributed by atoms with E-state index in [1.807, 2.05) is 42.7 Å². The van der Waals surface area contributed by atoms with Gasteiger partial charge < -0.3 is 15.3 Å². The zero-order valence-corrected chi connectivity index (χ0v) is 30.1. The minimum atomic E-state index is -0.910. The van der Waals surface area contributed by atoms with Crippen LogP contribution in [0.25, 0.3) is 17.0 Å². The van der Waals surface area contributed by atoms with E-state index in [4.69, 9.17) is 9.97 Å². The fourth-order valence-corrected chi connectivity index (χ4v) is 8.58. The van der Waals surface area contributed by atoms with E-state index in [1.165, 1.54) is 60.3 Å². The van der Waals surface area contributed by atoms with Crippen molar-refractivity contribution in [1.82, 2.24) is 20.2 Å². The predicted octanol–water partition coefficient (Wildman–Crippen LogP) is 7.79. The third kappa shape index (κ3) is 8.31. The summed E-state index contributed by atoms with van der Waals surface area (Å²) in [4.78, 5) is 50.7. The number of nitrogens with zero attached hydrogens (tertiary/aromatic N) is 3. The fourth-order valence-electron chi connectivity index (χ4n) is 7.61. The van der Waals surface area contributed by atoms with Gasteiger partial charge in [-0.15, -0.1) is 11.3 Å². The molecule has 0 spiro atoms. The second-order valence-corrected chi connectivity index (χ2v) is 16.5. The Morgan fingerprint density at radius 2 is 1.63 bits per heavy atom. The summed E-state index contributed by atoms with van der Waals surface area (Å²) in [5.41, 5.74) is 4.12. The molecule has 3 heterocycles. The normalized spacial score (nSPS) is 22.2. The molecule has 2 fully saturated rings. The number of carboxylic acids is 1. The number of nitrogens with one attached hydrogen (secondary N) is 1. The first-order valence-electron chi connectivity index (χ1n) is 18.0. The van der Waals surface area contributed by atoms with Gasteiger partial charge in [0.05, 0.1) is 10.8 Å². The highest BCUT2D eigenvalue weighted by Gasteiger charge is 2.39. The summed E-state index contributed by atoms with van der Waals surface area (Å²) in [7, 11) is 0. The van der Waals surface area contributed by atoms with Crippen molar-refractivity contribution < 1.29 is 19.5 Å². The molecule has 2 amide bonds. The fraction of sp³-hybridized carbons (Fsp3) is 0.525. The first-order valence-corrected chi connectivity index (χ1v) is 18.8. The molecule has 1 aromatic carbocycles. The Morgan fingerprint density at radius 3 is 2.20 bits per heavy atom. The van der Waals surface area contributed by atoms with E-state index < -0.39 is 17.9 Å². The first-order chi connectivity index (χ1) is 23.5. The number of aromatic nitrogens is 2. The second-order valence-electron chi connectivity index (χ2n) is 15.4. The van der Waals surface area contributed by atoms with Crippen LogP contribution in [0.5, 0.6) is 0 Å². The summed E-state index contributed by atoms with van der Waals surface area (Å²) in [5, 5.41) is 12.3. The van der Waals surface area contributed by atoms with Crippen molar-refractivity contribution in [1.29, 1.82) is 0 Å². The van der Waals surface area contributed by atoms with Crippen molar-refractivity contribution >= 4 is 34.7 Å². The predicted molar refractivity (Wildman–Crippen MR) is 194 cm³/mol. The lowest BCUT2D eigenvalue weighted by atomic mass is 9.71. The van der Waals surface area contributed by atoms with Crippen LogP contribution in [0.1, 0.15) is 105 Å². The molecule has 2 N–H and O–H groups in total. The number of carboxylic acid groups (broad SMARTS) is 1. The molecule has 0 bridgehead atoms. The molecule has 3 aliphatic rings. The van der Waals surface area contributed by atoms with Crippen LogP contribution in [0.2, 0.25) is 0 Å². The molecule has 1 saturated heterocycles. The highest BCUT2D eigenvalue weighted by atomic mass is 32.1. The first kappa shape index (κ1) is 35.0. The van der Waals surface area contributed by atoms with Gasteiger partial charge in [0.15, 0.2) is 5.82 Å². The van der Waals surface area contributed by atoms with Crippen LogP contribution >= 0.6 is 11.3 Å². The minimum absolute atomic E-state index is 0.0859. The molecule has 2 aromatic heterocycles. The van der Waals surface area contributed by atoms with Crippen molar-refractivity contribution in [3.63, 3.8) is 0 Å². The largest absolute Gasteiger partial charge is 0.481 e. The summed E-state index contributed by atoms with van der Waals surface area (Å²) in [6.45, 7) is 8.92. The lowest BCUT2D eigenvalue weighted by Gasteiger charge is -2.38. The van der Waals surface area contributed by atoms with Crippen LogP contribution < -0.4 is 5.32 Å². The van der Waals surface area contributed by atoms with Crippen molar-refractivity contribution in [3.05, 3.63) is 75.7 Å². The number of amides is 2. The standard InChI is InChI=1S/C40H50N4O4S/c1-5-25-6-10-27(11-7-25)28-14-16-29(17-15-28)31-21-41-36(42-22-31)30-12-8-26(9-13-30)20-33(38(46)44-23-32(24-44)39(47)48)43-37(45)34-18-19-35(49-34)40(2,3)4/h8-9,12-13,16,18-19,21-22,25,27-28,32-33H,5-7,10-11,14-15,17,20,23-24H2,1-4H3,(H,43,45)(H,47,48)/t25?,27?,28-,33+/m1/s1. The van der Waals surface area contributed by atoms with Gasteiger partial charge in [-0.05, 0) is 78.5 Å². The summed E-state index contributed by atoms with van der Waals surface area (Å²) in [6.07, 6.45) is 17.0. The Hall–Kier alpha value is -3.85. The molecule has 8 nitrogen and oxygen atoms in total. The number of hydrogen-bond acceptors (Lipinski definition) is 6. The number of carbonyl (C=O) groups excluding carboxylic acids is 2. The lowest BCUT2D eigenvalue weighted by Crippen LogP contribution is -2.59. The Labute approximate surface area is 294 Å². The van der Waals surface area contributed by atoms with Gasteiger partial charge in [0.1, 0.15) is 6.04 Å². The average Bonchev–Trinajstić information content (AvgIpc) is 3.60. The van der Waals surface area contributed by atoms with Crippen molar-refractivity contribution in [2.45, 2.75) is 96.9 Å². The molecule has 49 heavy (non-hydrogen) atoms. The lowest BCUT2D eigenvalue weighted by molar-refractivity contribution is -0.153. The Kier molecular flexibility index (Phi) is 10.7. The molecule has 2 aliphatic carbocycles. The molecule has 9 heteroatoms. The van der Waals surface area contributed by atoms with E-state index >= 15 is 0 Å². The highest BCUT2D eigenvalue weighted by molar-refractivity contribution is 7.14. The third-order valence-corrected chi connectivity index (χ3v) is 12.5. The zero-order valence-electron chi connectivity index (χ0n) is 29.3. The number of carbonyl (C=O) groups is 3. The molecular weight excluding hydrogens is 633 g/mol. The van der Waals surface area contributed by atoms with E-state index in [-0.39, 0.29) is 36.7 Å². The Balaban J connectivity index is 1.09. The second kappa shape index (κ2) is 15.0. The van der Waals surface area contributed by atoms with Crippen molar-refractivity contribution in [2.75, 3.05) is 13.1 Å². The average molecular weight is 683 g/mol. The SMILES string of the molecule is CCC1CCC([C@@H]2CC=C(c3cnc(-c4ccc(C[C@H](NC(=O)c5ccc(C(C)(C)C)s5)C(=O)N5CC(C(=O)O)C5)cc4)nc3)CC2)CC1. The van der Waals surface area contributed by atoms with Crippen LogP contribution in [0.15, 0.2) is 54.9 Å². The number of benzene rings is 1. The van der Waals surface area contributed by atoms with Gasteiger partial charge in [0.2, 0.25) is 5.91 Å². The molecule has 1 saturated carbocycles. The number of hydrogen-bond donors (Lipinski definition) is 2. The van der Waals surface area contributed by atoms with Crippen LogP contribution in [0, 0.1) is 23.7 Å². The number of rotatable bonds is 10. The molecule has 1 aliphatic heterocycles. The molecule has 3 aromatic rings. The third-order valence-electron chi connectivity index (χ3n) is 11.0. The van der Waals surface area contributed by atoms with E-state index in [0.717, 1.165) is 52.2 Å². The highest BCUT2D eigenvalue weighted by Crippen LogP contribution is 2.41. The van der Waals surface area contributed by atoms with E-state index in [1.54, 1.807) is 6.07 Å². The number of allylic oxidation sites excluding steroid dienone is 2. The molecule has 6 rings (SSSR count). The van der Waals surface area contributed by atoms with Crippen molar-refractivity contribution in [2.24, 2.45) is 23.7 Å². The van der Waals surface area contributed by atoms with Gasteiger partial charge in [-0.2, -0.15) is 0 Å². The maximum Gasteiger partial charge on any atom is 0.310 e. The summed E-state index contributed by atoms with van der Waals surface area (Å²) in [6, 6.07) is 10.7. The molecule has 0 unspecified atom stereocenters. The Morgan fingerprint density at radius 1 is 0.939 bits per heavy atom. The van der Waals surface area contributed by atoms with Gasteiger partial charge in [0, 0.05) is 47.9 Å². The number of thiophene rings is 1. The van der Waals surface area contributed by atoms with E-state index in [9.17, 15) is 19.5 Å². The topological polar surface area (TPSA) is 112 Å². The van der Waals surface area contributed by atoms with Gasteiger partial charge >= 0.3 is 5.97 Å². The van der Waals surface area contributed by atoms with Crippen LogP contribution in [0.4, 0.5) is 0 Å². The zero-order chi connectivity index (χ0) is 34.7. The van der Waals surface area contributed by atoms with Crippen LogP contribution in [0.3, 0.4) is 0 Å². The van der Waals surface area contributed by atoms with E-state index in [0.29, 0.717) is 10.7 Å². The van der Waals surface area contributed by atoms with Gasteiger partial charge in [-0.25, -0.2) is 9.97 Å². The summed E-state index contributed by atoms with van der Waals surface area (Å²) >= 11 is 1.42. The van der Waals surface area contributed by atoms with Crippen LogP contribution in [-0.4, -0.2) is 56.9 Å². The molecular formula is C40H50N4O4S. The smallest absolute Gasteiger partial charge is 0.310 e. The van der Waals surface area contributed by atoms with Gasteiger partial charge in [0.25, 0.3) is 5.91 Å². The molecule has 0 radical (unpaired) electrons. The van der Waals surface area contributed by atoms with Gasteiger partial charge in [-0.1, -0.05) is 77.3 Å². The molecule has 2 atom stereocenters. The number of likely N-dealkylation sites (tertiary alicyclic amines) is 1. The minimum Gasteiger partial charge on any atom is -0.481 e. The Bertz CT molecular complexity index is 1660. The number of aliphatic carboxylic acids is 1. The van der Waals surface area contributed by atoms with Crippen molar-refractivity contribution in [3.8, 4) is 11.4 Å². The molecule has 260 valence electrons. The maximum absolute atomic E-state index is 13.5. The quantitative estimate of drug-likeness (QED) is 0.226. The summed E-state index contributed by atoms with van der Waals surface area (Å²) < 4.78 is 0. The van der Waals surface area contributed by atoms with E-state index in [2.05, 4.69) is 39.1 Å².